The van der Waals surface area contributed by atoms with Crippen LogP contribution in [-0.2, 0) is 17.9 Å². The van der Waals surface area contributed by atoms with Crippen molar-refractivity contribution < 1.29 is 9.21 Å². The van der Waals surface area contributed by atoms with Gasteiger partial charge in [0.25, 0.3) is 5.56 Å². The van der Waals surface area contributed by atoms with E-state index in [-0.39, 0.29) is 24.6 Å². The van der Waals surface area contributed by atoms with Crippen molar-refractivity contribution in [3.8, 4) is 21.8 Å². The van der Waals surface area contributed by atoms with Gasteiger partial charge in [-0.25, -0.2) is 9.97 Å². The minimum Gasteiger partial charge on any atom is -0.467 e. The molecule has 0 aliphatic carbocycles. The van der Waals surface area contributed by atoms with Crippen LogP contribution in [0.25, 0.3) is 21.8 Å². The molecule has 0 saturated heterocycles. The van der Waals surface area contributed by atoms with Gasteiger partial charge in [-0.15, -0.1) is 11.3 Å². The molecule has 0 atom stereocenters. The Bertz CT molecular complexity index is 1130. The molecule has 0 aliphatic rings. The lowest BCUT2D eigenvalue weighted by molar-refractivity contribution is -0.122. The summed E-state index contributed by atoms with van der Waals surface area (Å²) < 4.78 is 6.45. The highest BCUT2D eigenvalue weighted by Crippen LogP contribution is 2.26. The Balaban J connectivity index is 1.51. The van der Waals surface area contributed by atoms with Gasteiger partial charge in [0.1, 0.15) is 17.3 Å². The molecular formula is C20H16N4O3S. The Morgan fingerprint density at radius 1 is 1.18 bits per heavy atom. The molecule has 3 heterocycles. The summed E-state index contributed by atoms with van der Waals surface area (Å²) in [6.07, 6.45) is 4.37. The lowest BCUT2D eigenvalue weighted by atomic mass is 10.2. The smallest absolute Gasteiger partial charge is 0.264 e. The standard InChI is InChI=1S/C20H16N4O3S/c25-18(22-9-15-7-4-8-27-15)11-24-13-21-10-16(20(24)26)19-23-17(12-28-19)14-5-2-1-3-6-14/h1-8,10,12-13H,9,11H2,(H,22,25). The Morgan fingerprint density at radius 2 is 2.04 bits per heavy atom. The third kappa shape index (κ3) is 3.91. The maximum Gasteiger partial charge on any atom is 0.264 e. The molecule has 1 N–H and O–H groups in total. The van der Waals surface area contributed by atoms with E-state index in [1.54, 1.807) is 12.1 Å². The SMILES string of the molecule is O=C(Cn1cncc(-c2nc(-c3ccccc3)cs2)c1=O)NCc1ccco1. The molecule has 0 unspecified atom stereocenters. The molecule has 0 bridgehead atoms. The van der Waals surface area contributed by atoms with E-state index < -0.39 is 0 Å². The number of benzene rings is 1. The summed E-state index contributed by atoms with van der Waals surface area (Å²) in [6.45, 7) is 0.137. The number of thiazole rings is 1. The Morgan fingerprint density at radius 3 is 2.82 bits per heavy atom. The highest BCUT2D eigenvalue weighted by molar-refractivity contribution is 7.13. The molecule has 0 spiro atoms. The van der Waals surface area contributed by atoms with E-state index in [1.807, 2.05) is 35.7 Å². The monoisotopic (exact) mass is 392 g/mol. The van der Waals surface area contributed by atoms with E-state index in [2.05, 4.69) is 15.3 Å². The molecule has 140 valence electrons. The zero-order valence-corrected chi connectivity index (χ0v) is 15.6. The molecule has 1 aromatic carbocycles. The number of nitrogens with zero attached hydrogens (tertiary/aromatic N) is 3. The summed E-state index contributed by atoms with van der Waals surface area (Å²) in [4.78, 5) is 33.6. The van der Waals surface area contributed by atoms with Gasteiger partial charge in [-0.1, -0.05) is 30.3 Å². The minimum atomic E-state index is -0.308. The number of amides is 1. The van der Waals surface area contributed by atoms with E-state index in [0.717, 1.165) is 11.3 Å². The van der Waals surface area contributed by atoms with Crippen LogP contribution >= 0.6 is 11.3 Å². The first-order valence-corrected chi connectivity index (χ1v) is 9.43. The first-order valence-electron chi connectivity index (χ1n) is 8.55. The van der Waals surface area contributed by atoms with Gasteiger partial charge in [0.05, 0.1) is 30.4 Å². The quantitative estimate of drug-likeness (QED) is 0.545. The number of aromatic nitrogens is 3. The Labute approximate surface area is 164 Å². The van der Waals surface area contributed by atoms with E-state index >= 15 is 0 Å². The molecular weight excluding hydrogens is 376 g/mol. The highest BCUT2D eigenvalue weighted by atomic mass is 32.1. The van der Waals surface area contributed by atoms with Crippen molar-refractivity contribution in [1.82, 2.24) is 19.9 Å². The van der Waals surface area contributed by atoms with Gasteiger partial charge in [0, 0.05) is 17.1 Å². The summed E-state index contributed by atoms with van der Waals surface area (Å²) in [5.41, 5.74) is 1.84. The minimum absolute atomic E-state index is 0.128. The van der Waals surface area contributed by atoms with Crippen molar-refractivity contribution in [2.24, 2.45) is 0 Å². The number of hydrogen-bond donors (Lipinski definition) is 1. The molecule has 28 heavy (non-hydrogen) atoms. The topological polar surface area (TPSA) is 90.0 Å². The zero-order chi connectivity index (χ0) is 19.3. The predicted molar refractivity (Wildman–Crippen MR) is 106 cm³/mol. The van der Waals surface area contributed by atoms with Gasteiger partial charge in [0.2, 0.25) is 5.91 Å². The summed E-state index contributed by atoms with van der Waals surface area (Å²) >= 11 is 1.37. The maximum atomic E-state index is 12.8. The maximum absolute atomic E-state index is 12.8. The van der Waals surface area contributed by atoms with Crippen LogP contribution in [0.3, 0.4) is 0 Å². The highest BCUT2D eigenvalue weighted by Gasteiger charge is 2.14. The van der Waals surface area contributed by atoms with Crippen LogP contribution in [0.4, 0.5) is 0 Å². The fourth-order valence-electron chi connectivity index (χ4n) is 2.66. The number of carbonyl (C=O) groups is 1. The summed E-state index contributed by atoms with van der Waals surface area (Å²) in [7, 11) is 0. The molecule has 4 aromatic rings. The van der Waals surface area contributed by atoms with Crippen LogP contribution in [0.2, 0.25) is 0 Å². The molecule has 8 heteroatoms. The van der Waals surface area contributed by atoms with Gasteiger partial charge < -0.3 is 9.73 Å². The molecule has 0 radical (unpaired) electrons. The third-order valence-electron chi connectivity index (χ3n) is 4.06. The molecule has 7 nitrogen and oxygen atoms in total. The van der Waals surface area contributed by atoms with Crippen LogP contribution in [-0.4, -0.2) is 20.4 Å². The second-order valence-electron chi connectivity index (χ2n) is 6.00. The first kappa shape index (κ1) is 17.9. The summed E-state index contributed by atoms with van der Waals surface area (Å²) in [5.74, 6) is 0.338. The number of carbonyl (C=O) groups excluding carboxylic acids is 1. The third-order valence-corrected chi connectivity index (χ3v) is 4.93. The van der Waals surface area contributed by atoms with Crippen LogP contribution in [0, 0.1) is 0 Å². The van der Waals surface area contributed by atoms with Crippen molar-refractivity contribution in [1.29, 1.82) is 0 Å². The Kier molecular flexibility index (Phi) is 5.11. The normalized spacial score (nSPS) is 10.7. The number of rotatable bonds is 6. The van der Waals surface area contributed by atoms with Crippen LogP contribution in [0.1, 0.15) is 5.76 Å². The van der Waals surface area contributed by atoms with E-state index in [4.69, 9.17) is 4.42 Å². The molecule has 3 aromatic heterocycles. The van der Waals surface area contributed by atoms with E-state index in [1.165, 1.54) is 34.7 Å². The lowest BCUT2D eigenvalue weighted by Crippen LogP contribution is -2.32. The van der Waals surface area contributed by atoms with Gasteiger partial charge >= 0.3 is 0 Å². The predicted octanol–water partition coefficient (Wildman–Crippen LogP) is 2.94. The van der Waals surface area contributed by atoms with Crippen molar-refractivity contribution in [2.45, 2.75) is 13.1 Å². The lowest BCUT2D eigenvalue weighted by Gasteiger charge is -2.07. The molecule has 0 fully saturated rings. The number of nitrogens with one attached hydrogen (secondary N) is 1. The number of furan rings is 1. The van der Waals surface area contributed by atoms with Crippen LogP contribution < -0.4 is 10.9 Å². The second-order valence-corrected chi connectivity index (χ2v) is 6.86. The zero-order valence-electron chi connectivity index (χ0n) is 14.7. The van der Waals surface area contributed by atoms with Crippen molar-refractivity contribution >= 4 is 17.2 Å². The second kappa shape index (κ2) is 8.01. The van der Waals surface area contributed by atoms with Gasteiger partial charge in [-0.3, -0.25) is 14.2 Å². The average Bonchev–Trinajstić information content (AvgIpc) is 3.41. The largest absolute Gasteiger partial charge is 0.467 e. The van der Waals surface area contributed by atoms with E-state index in [0.29, 0.717) is 16.3 Å². The number of hydrogen-bond acceptors (Lipinski definition) is 6. The van der Waals surface area contributed by atoms with Crippen LogP contribution in [0.15, 0.2) is 75.8 Å². The van der Waals surface area contributed by atoms with Crippen LogP contribution in [0.5, 0.6) is 0 Å². The summed E-state index contributed by atoms with van der Waals surface area (Å²) in [5, 5.41) is 5.18. The molecule has 0 saturated carbocycles. The van der Waals surface area contributed by atoms with Crippen molar-refractivity contribution in [2.75, 3.05) is 0 Å². The summed E-state index contributed by atoms with van der Waals surface area (Å²) in [6, 6.07) is 13.2. The van der Waals surface area contributed by atoms with E-state index in [9.17, 15) is 9.59 Å². The molecule has 0 aliphatic heterocycles. The fourth-order valence-corrected chi connectivity index (χ4v) is 3.49. The van der Waals surface area contributed by atoms with Crippen molar-refractivity contribution in [3.63, 3.8) is 0 Å². The first-order chi connectivity index (χ1) is 13.7. The molecule has 4 rings (SSSR count). The fraction of sp³-hybridized carbons (Fsp3) is 0.100. The van der Waals surface area contributed by atoms with Crippen molar-refractivity contribution in [3.05, 3.63) is 82.7 Å². The van der Waals surface area contributed by atoms with Gasteiger partial charge in [0.15, 0.2) is 0 Å². The average molecular weight is 392 g/mol. The Hall–Kier alpha value is -3.52. The van der Waals surface area contributed by atoms with Gasteiger partial charge in [-0.2, -0.15) is 0 Å². The van der Waals surface area contributed by atoms with Gasteiger partial charge in [-0.05, 0) is 12.1 Å². The molecule has 1 amide bonds.